The number of carbonyl (C=O) groups excluding carboxylic acids is 1. The predicted molar refractivity (Wildman–Crippen MR) is 56.1 cm³/mol. The minimum absolute atomic E-state index is 0.202. The van der Waals surface area contributed by atoms with Gasteiger partial charge in [-0.25, -0.2) is 9.18 Å². The van der Waals surface area contributed by atoms with Gasteiger partial charge < -0.3 is 5.32 Å². The van der Waals surface area contributed by atoms with Gasteiger partial charge in [-0.2, -0.15) is 0 Å². The van der Waals surface area contributed by atoms with Crippen LogP contribution >= 0.6 is 0 Å². The van der Waals surface area contributed by atoms with Crippen molar-refractivity contribution in [3.63, 3.8) is 0 Å². The van der Waals surface area contributed by atoms with Crippen LogP contribution in [0.3, 0.4) is 0 Å². The van der Waals surface area contributed by atoms with E-state index in [1.54, 1.807) is 0 Å². The van der Waals surface area contributed by atoms with Crippen LogP contribution in [0.4, 0.5) is 4.39 Å². The van der Waals surface area contributed by atoms with Crippen molar-refractivity contribution in [2.45, 2.75) is 31.9 Å². The molecule has 17 heavy (non-hydrogen) atoms. The van der Waals surface area contributed by atoms with Crippen molar-refractivity contribution < 1.29 is 13.7 Å². The van der Waals surface area contributed by atoms with Crippen molar-refractivity contribution in [2.75, 3.05) is 6.54 Å². The number of alkyl halides is 1. The number of H-pyrrole nitrogens is 1. The molecule has 7 heteroatoms. The molecule has 1 aromatic heterocycles. The van der Waals surface area contributed by atoms with Gasteiger partial charge in [-0.3, -0.25) is 14.3 Å². The highest BCUT2D eigenvalue weighted by Crippen LogP contribution is 2.33. The van der Waals surface area contributed by atoms with Crippen LogP contribution in [0.15, 0.2) is 9.32 Å². The third-order valence-corrected chi connectivity index (χ3v) is 2.67. The lowest BCUT2D eigenvalue weighted by molar-refractivity contribution is -0.122. The van der Waals surface area contributed by atoms with Gasteiger partial charge in [0.05, 0.1) is 5.92 Å². The smallest absolute Gasteiger partial charge is 0.356 e. The molecule has 2 rings (SSSR count). The van der Waals surface area contributed by atoms with E-state index < -0.39 is 17.8 Å². The fourth-order valence-electron chi connectivity index (χ4n) is 1.56. The summed E-state index contributed by atoms with van der Waals surface area (Å²) in [4.78, 5) is 24.3. The molecule has 0 bridgehead atoms. The standard InChI is InChI=1S/C10H14FN3O3/c11-7-5-6(7)9(15)12-4-2-1-3-8-13-10(16)17-14-8/h6-7H,1-5H2,(H,12,15)(H,13,14,16). The quantitative estimate of drug-likeness (QED) is 0.696. The Morgan fingerprint density at radius 2 is 2.35 bits per heavy atom. The average Bonchev–Trinajstić information content (AvgIpc) is 2.88. The molecule has 0 spiro atoms. The van der Waals surface area contributed by atoms with E-state index in [2.05, 4.69) is 20.0 Å². The van der Waals surface area contributed by atoms with E-state index in [-0.39, 0.29) is 5.91 Å². The normalized spacial score (nSPS) is 22.4. The molecule has 0 radical (unpaired) electrons. The molecule has 1 amide bonds. The molecule has 0 saturated heterocycles. The molecule has 1 fully saturated rings. The van der Waals surface area contributed by atoms with Crippen LogP contribution in [0.2, 0.25) is 0 Å². The lowest BCUT2D eigenvalue weighted by atomic mass is 10.2. The van der Waals surface area contributed by atoms with Crippen molar-refractivity contribution in [1.82, 2.24) is 15.5 Å². The van der Waals surface area contributed by atoms with Crippen LogP contribution in [0.25, 0.3) is 0 Å². The van der Waals surface area contributed by atoms with E-state index in [1.807, 2.05) is 0 Å². The van der Waals surface area contributed by atoms with Crippen LogP contribution in [-0.2, 0) is 11.2 Å². The Labute approximate surface area is 96.6 Å². The fraction of sp³-hybridized carbons (Fsp3) is 0.700. The van der Waals surface area contributed by atoms with E-state index in [0.29, 0.717) is 25.2 Å². The van der Waals surface area contributed by atoms with E-state index in [1.165, 1.54) is 0 Å². The van der Waals surface area contributed by atoms with Gasteiger partial charge in [0.15, 0.2) is 5.82 Å². The van der Waals surface area contributed by atoms with Gasteiger partial charge in [0.1, 0.15) is 6.17 Å². The molecule has 1 aliphatic rings. The molecule has 6 nitrogen and oxygen atoms in total. The summed E-state index contributed by atoms with van der Waals surface area (Å²) >= 11 is 0. The van der Waals surface area contributed by atoms with Gasteiger partial charge in [0.25, 0.3) is 0 Å². The first-order chi connectivity index (χ1) is 8.16. The molecule has 2 unspecified atom stereocenters. The number of nitrogens with zero attached hydrogens (tertiary/aromatic N) is 1. The predicted octanol–water partition coefficient (Wildman–Crippen LogP) is 0.160. The Kier molecular flexibility index (Phi) is 3.55. The second-order valence-corrected chi connectivity index (χ2v) is 4.15. The molecule has 0 aromatic carbocycles. The Bertz CT molecular complexity index is 442. The molecule has 1 aliphatic carbocycles. The van der Waals surface area contributed by atoms with E-state index in [0.717, 1.165) is 12.8 Å². The summed E-state index contributed by atoms with van der Waals surface area (Å²) in [6, 6.07) is 0. The molecule has 2 atom stereocenters. The number of unbranched alkanes of at least 4 members (excludes halogenated alkanes) is 1. The zero-order valence-corrected chi connectivity index (χ0v) is 9.24. The molecule has 94 valence electrons. The molecular weight excluding hydrogens is 229 g/mol. The summed E-state index contributed by atoms with van der Waals surface area (Å²) in [7, 11) is 0. The third-order valence-electron chi connectivity index (χ3n) is 2.67. The maximum Gasteiger partial charge on any atom is 0.438 e. The van der Waals surface area contributed by atoms with Crippen molar-refractivity contribution in [1.29, 1.82) is 0 Å². The Morgan fingerprint density at radius 3 is 2.94 bits per heavy atom. The molecule has 1 aromatic rings. The van der Waals surface area contributed by atoms with Gasteiger partial charge >= 0.3 is 5.76 Å². The maximum absolute atomic E-state index is 12.5. The second-order valence-electron chi connectivity index (χ2n) is 4.15. The number of carbonyl (C=O) groups is 1. The van der Waals surface area contributed by atoms with E-state index in [4.69, 9.17) is 0 Å². The summed E-state index contributed by atoms with van der Waals surface area (Å²) < 4.78 is 16.9. The van der Waals surface area contributed by atoms with Gasteiger partial charge in [-0.05, 0) is 19.3 Å². The number of aromatic nitrogens is 2. The lowest BCUT2D eigenvalue weighted by Gasteiger charge is -2.02. The first kappa shape index (κ1) is 11.8. The number of aromatic amines is 1. The minimum Gasteiger partial charge on any atom is -0.356 e. The van der Waals surface area contributed by atoms with Crippen molar-refractivity contribution in [2.24, 2.45) is 5.92 Å². The highest BCUT2D eigenvalue weighted by atomic mass is 19.1. The number of nitrogens with one attached hydrogen (secondary N) is 2. The molecule has 0 aliphatic heterocycles. The number of halogens is 1. The van der Waals surface area contributed by atoms with Crippen LogP contribution in [-0.4, -0.2) is 28.8 Å². The zero-order chi connectivity index (χ0) is 12.3. The summed E-state index contributed by atoms with van der Waals surface area (Å²) in [6.45, 7) is 0.518. The number of hydrogen-bond acceptors (Lipinski definition) is 4. The topological polar surface area (TPSA) is 88.0 Å². The molecular formula is C10H14FN3O3. The SMILES string of the molecule is O=C(NCCCCc1noc(=O)[nH]1)C1CC1F. The Balaban J connectivity index is 1.54. The van der Waals surface area contributed by atoms with E-state index in [9.17, 15) is 14.0 Å². The Hall–Kier alpha value is -1.66. The van der Waals surface area contributed by atoms with Gasteiger partial charge in [0, 0.05) is 13.0 Å². The second kappa shape index (κ2) is 5.11. The average molecular weight is 243 g/mol. The maximum atomic E-state index is 12.5. The fourth-order valence-corrected chi connectivity index (χ4v) is 1.56. The highest BCUT2D eigenvalue weighted by Gasteiger charge is 2.43. The van der Waals surface area contributed by atoms with Crippen LogP contribution < -0.4 is 11.1 Å². The summed E-state index contributed by atoms with van der Waals surface area (Å²) in [5, 5.41) is 6.19. The molecule has 1 heterocycles. The van der Waals surface area contributed by atoms with Crippen LogP contribution in [0.1, 0.15) is 25.1 Å². The van der Waals surface area contributed by atoms with E-state index >= 15 is 0 Å². The zero-order valence-electron chi connectivity index (χ0n) is 9.24. The van der Waals surface area contributed by atoms with Crippen molar-refractivity contribution in [3.05, 3.63) is 16.4 Å². The van der Waals surface area contributed by atoms with Crippen LogP contribution in [0.5, 0.6) is 0 Å². The van der Waals surface area contributed by atoms with Gasteiger partial charge in [0.2, 0.25) is 5.91 Å². The summed E-state index contributed by atoms with van der Waals surface area (Å²) in [5.41, 5.74) is 0. The first-order valence-electron chi connectivity index (χ1n) is 5.63. The number of aryl methyl sites for hydroxylation is 1. The van der Waals surface area contributed by atoms with Gasteiger partial charge in [-0.15, -0.1) is 0 Å². The molecule has 1 saturated carbocycles. The monoisotopic (exact) mass is 243 g/mol. The van der Waals surface area contributed by atoms with Gasteiger partial charge in [-0.1, -0.05) is 5.16 Å². The molecule has 2 N–H and O–H groups in total. The summed E-state index contributed by atoms with van der Waals surface area (Å²) in [5.74, 6) is -0.683. The number of amides is 1. The highest BCUT2D eigenvalue weighted by molar-refractivity contribution is 5.81. The minimum atomic E-state index is -0.949. The van der Waals surface area contributed by atoms with Crippen molar-refractivity contribution >= 4 is 5.91 Å². The van der Waals surface area contributed by atoms with Crippen molar-refractivity contribution in [3.8, 4) is 0 Å². The largest absolute Gasteiger partial charge is 0.438 e. The summed E-state index contributed by atoms with van der Waals surface area (Å²) in [6.07, 6.45) is 1.52. The number of hydrogen-bond donors (Lipinski definition) is 2. The third kappa shape index (κ3) is 3.40. The number of rotatable bonds is 6. The lowest BCUT2D eigenvalue weighted by Crippen LogP contribution is -2.26. The first-order valence-corrected chi connectivity index (χ1v) is 5.63. The Morgan fingerprint density at radius 1 is 1.59 bits per heavy atom. The van der Waals surface area contributed by atoms with Crippen LogP contribution in [0, 0.1) is 5.92 Å².